The van der Waals surface area contributed by atoms with Gasteiger partial charge in [-0.05, 0) is 23.8 Å². The largest absolute Gasteiger partial charge is 0.453 e. The molecule has 6 heteroatoms. The molecule has 0 fully saturated rings. The maximum absolute atomic E-state index is 11.8. The lowest BCUT2D eigenvalue weighted by Crippen LogP contribution is -2.26. The van der Waals surface area contributed by atoms with E-state index in [-0.39, 0.29) is 24.8 Å². The van der Waals surface area contributed by atoms with E-state index in [0.717, 1.165) is 16.5 Å². The van der Waals surface area contributed by atoms with Crippen molar-refractivity contribution in [3.8, 4) is 11.1 Å². The number of fused-ring (bicyclic) bond motifs is 1. The molecule has 0 aliphatic heterocycles. The average Bonchev–Trinajstić information content (AvgIpc) is 3.03. The molecule has 116 valence electrons. The lowest BCUT2D eigenvalue weighted by atomic mass is 10.0. The highest BCUT2D eigenvalue weighted by Crippen LogP contribution is 2.29. The van der Waals surface area contributed by atoms with Crippen LogP contribution < -0.4 is 5.32 Å². The predicted molar refractivity (Wildman–Crippen MR) is 84.3 cm³/mol. The van der Waals surface area contributed by atoms with Crippen molar-refractivity contribution in [2.24, 2.45) is 0 Å². The van der Waals surface area contributed by atoms with Gasteiger partial charge in [0.1, 0.15) is 5.58 Å². The molecule has 2 aromatic heterocycles. The first-order chi connectivity index (χ1) is 11.2. The highest BCUT2D eigenvalue weighted by Gasteiger charge is 2.11. The number of furan rings is 1. The molecule has 0 saturated carbocycles. The summed E-state index contributed by atoms with van der Waals surface area (Å²) in [6.45, 7) is 0.111. The molecule has 0 saturated heterocycles. The number of hydrogen-bond acceptors (Lipinski definition) is 5. The van der Waals surface area contributed by atoms with Gasteiger partial charge in [0, 0.05) is 35.5 Å². The summed E-state index contributed by atoms with van der Waals surface area (Å²) in [7, 11) is 0. The predicted octanol–water partition coefficient (Wildman–Crippen LogP) is 2.03. The van der Waals surface area contributed by atoms with Gasteiger partial charge in [0.25, 0.3) is 5.91 Å². The lowest BCUT2D eigenvalue weighted by molar-refractivity contribution is 0.0944. The number of nitrogens with zero attached hydrogens (tertiary/aromatic N) is 1. The Bertz CT molecular complexity index is 853. The molecule has 2 heterocycles. The van der Waals surface area contributed by atoms with Gasteiger partial charge in [0.05, 0.1) is 6.61 Å². The van der Waals surface area contributed by atoms with Crippen LogP contribution in [0.3, 0.4) is 0 Å². The van der Waals surface area contributed by atoms with Crippen LogP contribution >= 0.6 is 0 Å². The molecular weight excluding hydrogens is 296 g/mol. The minimum atomic E-state index is -0.247. The van der Waals surface area contributed by atoms with E-state index >= 15 is 0 Å². The Hall–Kier alpha value is -2.99. The van der Waals surface area contributed by atoms with E-state index < -0.39 is 0 Å². The van der Waals surface area contributed by atoms with Gasteiger partial charge in [0.15, 0.2) is 12.0 Å². The molecule has 2 N–H and O–H groups in total. The number of nitrogens with one attached hydrogen (secondary N) is 1. The quantitative estimate of drug-likeness (QED) is 0.703. The summed E-state index contributed by atoms with van der Waals surface area (Å²) in [6.07, 6.45) is 3.94. The van der Waals surface area contributed by atoms with Crippen molar-refractivity contribution in [2.45, 2.75) is 0 Å². The van der Waals surface area contributed by atoms with Crippen LogP contribution in [0.5, 0.6) is 0 Å². The molecular formula is C17H14N2O4. The fourth-order valence-corrected chi connectivity index (χ4v) is 2.32. The van der Waals surface area contributed by atoms with E-state index in [1.54, 1.807) is 42.7 Å². The normalized spacial score (nSPS) is 10.7. The number of pyridine rings is 1. The van der Waals surface area contributed by atoms with E-state index in [4.69, 9.17) is 9.52 Å². The molecule has 0 aliphatic carbocycles. The Morgan fingerprint density at radius 1 is 1.26 bits per heavy atom. The smallest absolute Gasteiger partial charge is 0.251 e. The van der Waals surface area contributed by atoms with Crippen molar-refractivity contribution in [3.63, 3.8) is 0 Å². The number of aromatic nitrogens is 1. The van der Waals surface area contributed by atoms with E-state index in [9.17, 15) is 9.59 Å². The zero-order chi connectivity index (χ0) is 16.2. The van der Waals surface area contributed by atoms with Crippen LogP contribution in [0.2, 0.25) is 0 Å². The van der Waals surface area contributed by atoms with Gasteiger partial charge >= 0.3 is 0 Å². The van der Waals surface area contributed by atoms with Crippen molar-refractivity contribution in [3.05, 3.63) is 54.0 Å². The molecule has 0 aliphatic rings. The first-order valence-corrected chi connectivity index (χ1v) is 7.05. The second kappa shape index (κ2) is 6.41. The molecule has 6 nitrogen and oxygen atoms in total. The SMILES string of the molecule is O=Cc1cc2cncc(-c3ccc(C(=O)NCCO)cc3)c2o1. The van der Waals surface area contributed by atoms with E-state index in [1.807, 2.05) is 0 Å². The molecule has 0 spiro atoms. The Kier molecular flexibility index (Phi) is 4.16. The maximum Gasteiger partial charge on any atom is 0.251 e. The zero-order valence-electron chi connectivity index (χ0n) is 12.2. The van der Waals surface area contributed by atoms with Crippen molar-refractivity contribution < 1.29 is 19.1 Å². The summed E-state index contributed by atoms with van der Waals surface area (Å²) < 4.78 is 5.52. The highest BCUT2D eigenvalue weighted by atomic mass is 16.3. The monoisotopic (exact) mass is 310 g/mol. The fourth-order valence-electron chi connectivity index (χ4n) is 2.32. The van der Waals surface area contributed by atoms with Gasteiger partial charge in [-0.15, -0.1) is 0 Å². The van der Waals surface area contributed by atoms with Crippen LogP contribution in [0.15, 0.2) is 47.1 Å². The van der Waals surface area contributed by atoms with Crippen LogP contribution in [0.4, 0.5) is 0 Å². The Labute approximate surface area is 131 Å². The number of carbonyl (C=O) groups is 2. The molecule has 0 radical (unpaired) electrons. The Morgan fingerprint density at radius 3 is 2.74 bits per heavy atom. The van der Waals surface area contributed by atoms with Gasteiger partial charge in [-0.1, -0.05) is 12.1 Å². The van der Waals surface area contributed by atoms with Crippen molar-refractivity contribution >= 4 is 23.2 Å². The summed E-state index contributed by atoms with van der Waals surface area (Å²) in [4.78, 5) is 26.8. The van der Waals surface area contributed by atoms with Crippen molar-refractivity contribution in [1.29, 1.82) is 0 Å². The topological polar surface area (TPSA) is 92.4 Å². The Morgan fingerprint density at radius 2 is 2.04 bits per heavy atom. The second-order valence-electron chi connectivity index (χ2n) is 4.93. The van der Waals surface area contributed by atoms with Gasteiger partial charge < -0.3 is 14.8 Å². The molecule has 3 aromatic rings. The molecule has 0 bridgehead atoms. The number of carbonyl (C=O) groups excluding carboxylic acids is 2. The minimum Gasteiger partial charge on any atom is -0.453 e. The number of amides is 1. The number of benzene rings is 1. The van der Waals surface area contributed by atoms with Crippen LogP contribution in [0, 0.1) is 0 Å². The highest BCUT2D eigenvalue weighted by molar-refractivity contribution is 5.97. The van der Waals surface area contributed by atoms with Crippen molar-refractivity contribution in [1.82, 2.24) is 10.3 Å². The van der Waals surface area contributed by atoms with Gasteiger partial charge in [-0.25, -0.2) is 0 Å². The second-order valence-corrected chi connectivity index (χ2v) is 4.93. The van der Waals surface area contributed by atoms with Crippen LogP contribution in [-0.4, -0.2) is 35.4 Å². The van der Waals surface area contributed by atoms with E-state index in [0.29, 0.717) is 17.4 Å². The number of hydrogen-bond donors (Lipinski definition) is 2. The van der Waals surface area contributed by atoms with Gasteiger partial charge in [0.2, 0.25) is 0 Å². The van der Waals surface area contributed by atoms with E-state index in [2.05, 4.69) is 10.3 Å². The summed E-state index contributed by atoms with van der Waals surface area (Å²) in [5.41, 5.74) is 2.65. The van der Waals surface area contributed by atoms with Crippen LogP contribution in [0.25, 0.3) is 22.1 Å². The third kappa shape index (κ3) is 2.97. The third-order valence-electron chi connectivity index (χ3n) is 3.41. The maximum atomic E-state index is 11.8. The molecule has 1 amide bonds. The van der Waals surface area contributed by atoms with Gasteiger partial charge in [-0.3, -0.25) is 14.6 Å². The van der Waals surface area contributed by atoms with E-state index in [1.165, 1.54) is 0 Å². The molecule has 0 atom stereocenters. The fraction of sp³-hybridized carbons (Fsp3) is 0.118. The lowest BCUT2D eigenvalue weighted by Gasteiger charge is -2.05. The number of aliphatic hydroxyl groups excluding tert-OH is 1. The summed E-state index contributed by atoms with van der Waals surface area (Å²) in [6, 6.07) is 8.57. The minimum absolute atomic E-state index is 0.102. The third-order valence-corrected chi connectivity index (χ3v) is 3.41. The molecule has 1 aromatic carbocycles. The summed E-state index contributed by atoms with van der Waals surface area (Å²) in [5.74, 6) is -0.00238. The average molecular weight is 310 g/mol. The molecule has 3 rings (SSSR count). The Balaban J connectivity index is 1.94. The van der Waals surface area contributed by atoms with Crippen LogP contribution in [-0.2, 0) is 0 Å². The number of aldehydes is 1. The standard InChI is InChI=1S/C17H14N2O4/c20-6-5-19-17(22)12-3-1-11(2-4-12)15-9-18-8-13-7-14(10-21)23-16(13)15/h1-4,7-10,20H,5-6H2,(H,19,22). The summed E-state index contributed by atoms with van der Waals surface area (Å²) >= 11 is 0. The molecule has 23 heavy (non-hydrogen) atoms. The number of rotatable bonds is 5. The molecule has 0 unspecified atom stereocenters. The first-order valence-electron chi connectivity index (χ1n) is 7.05. The summed E-state index contributed by atoms with van der Waals surface area (Å²) in [5, 5.41) is 12.1. The zero-order valence-corrected chi connectivity index (χ0v) is 12.2. The van der Waals surface area contributed by atoms with Crippen LogP contribution in [0.1, 0.15) is 20.9 Å². The van der Waals surface area contributed by atoms with Gasteiger partial charge in [-0.2, -0.15) is 0 Å². The number of aliphatic hydroxyl groups is 1. The first kappa shape index (κ1) is 14.9. The van der Waals surface area contributed by atoms with Crippen molar-refractivity contribution in [2.75, 3.05) is 13.2 Å².